The van der Waals surface area contributed by atoms with Crippen LogP contribution in [0.3, 0.4) is 0 Å². The minimum atomic E-state index is 0.238. The van der Waals surface area contributed by atoms with E-state index in [4.69, 9.17) is 4.74 Å². The van der Waals surface area contributed by atoms with E-state index in [1.807, 2.05) is 0 Å². The normalized spacial score (nSPS) is 24.3. The summed E-state index contributed by atoms with van der Waals surface area (Å²) in [5, 5.41) is 3.02. The number of hydrogen-bond acceptors (Lipinski definition) is 4. The number of benzene rings is 1. The SMILES string of the molecule is O=C1CC2(CCN(Cc3cccc(N4CCOCC4)c3)CC2)CN1. The second kappa shape index (κ2) is 6.73. The Morgan fingerprint density at radius 1 is 1.12 bits per heavy atom. The molecule has 3 saturated heterocycles. The van der Waals surface area contributed by atoms with Gasteiger partial charge in [0.15, 0.2) is 0 Å². The van der Waals surface area contributed by atoms with Crippen molar-refractivity contribution in [3.8, 4) is 0 Å². The fourth-order valence-corrected chi connectivity index (χ4v) is 4.22. The highest BCUT2D eigenvalue weighted by Gasteiger charge is 2.40. The first-order chi connectivity index (χ1) is 11.7. The molecular weight excluding hydrogens is 302 g/mol. The lowest BCUT2D eigenvalue weighted by atomic mass is 9.77. The number of rotatable bonds is 3. The Bertz CT molecular complexity index is 590. The van der Waals surface area contributed by atoms with Gasteiger partial charge in [-0.05, 0) is 49.0 Å². The molecule has 0 atom stereocenters. The number of hydrogen-bond donors (Lipinski definition) is 1. The van der Waals surface area contributed by atoms with E-state index in [0.717, 1.165) is 71.7 Å². The highest BCUT2D eigenvalue weighted by molar-refractivity contribution is 5.79. The van der Waals surface area contributed by atoms with Gasteiger partial charge in [0.2, 0.25) is 5.91 Å². The van der Waals surface area contributed by atoms with E-state index in [-0.39, 0.29) is 11.3 Å². The number of carbonyl (C=O) groups is 1. The number of amides is 1. The van der Waals surface area contributed by atoms with Crippen molar-refractivity contribution < 1.29 is 9.53 Å². The third-order valence-corrected chi connectivity index (χ3v) is 5.81. The van der Waals surface area contributed by atoms with Crippen molar-refractivity contribution >= 4 is 11.6 Å². The van der Waals surface area contributed by atoms with E-state index in [2.05, 4.69) is 39.4 Å². The molecule has 0 unspecified atom stereocenters. The van der Waals surface area contributed by atoms with Crippen LogP contribution < -0.4 is 10.2 Å². The number of piperidine rings is 1. The fraction of sp³-hybridized carbons (Fsp3) is 0.632. The largest absolute Gasteiger partial charge is 0.378 e. The third-order valence-electron chi connectivity index (χ3n) is 5.81. The molecule has 5 heteroatoms. The number of ether oxygens (including phenoxy) is 1. The van der Waals surface area contributed by atoms with Crippen molar-refractivity contribution in [2.75, 3.05) is 50.8 Å². The van der Waals surface area contributed by atoms with Crippen LogP contribution >= 0.6 is 0 Å². The lowest BCUT2D eigenvalue weighted by Gasteiger charge is -2.38. The minimum absolute atomic E-state index is 0.238. The van der Waals surface area contributed by atoms with Crippen LogP contribution in [0.1, 0.15) is 24.8 Å². The summed E-state index contributed by atoms with van der Waals surface area (Å²) in [4.78, 5) is 16.5. The maximum atomic E-state index is 11.5. The molecule has 5 nitrogen and oxygen atoms in total. The second-order valence-corrected chi connectivity index (χ2v) is 7.50. The van der Waals surface area contributed by atoms with Crippen molar-refractivity contribution in [2.24, 2.45) is 5.41 Å². The van der Waals surface area contributed by atoms with E-state index >= 15 is 0 Å². The molecule has 1 aromatic carbocycles. The number of anilines is 1. The Hall–Kier alpha value is -1.59. The zero-order valence-corrected chi connectivity index (χ0v) is 14.3. The van der Waals surface area contributed by atoms with Crippen LogP contribution in [0.2, 0.25) is 0 Å². The molecule has 1 N–H and O–H groups in total. The van der Waals surface area contributed by atoms with Crippen molar-refractivity contribution in [1.82, 2.24) is 10.2 Å². The van der Waals surface area contributed by atoms with Crippen LogP contribution in [-0.4, -0.2) is 56.7 Å². The number of carbonyl (C=O) groups excluding carboxylic acids is 1. The van der Waals surface area contributed by atoms with E-state index in [0.29, 0.717) is 0 Å². The first-order valence-electron chi connectivity index (χ1n) is 9.13. The molecule has 24 heavy (non-hydrogen) atoms. The predicted octanol–water partition coefficient (Wildman–Crippen LogP) is 1.63. The number of nitrogens with one attached hydrogen (secondary N) is 1. The van der Waals surface area contributed by atoms with Crippen molar-refractivity contribution in [2.45, 2.75) is 25.8 Å². The summed E-state index contributed by atoms with van der Waals surface area (Å²) < 4.78 is 5.45. The average molecular weight is 329 g/mol. The van der Waals surface area contributed by atoms with Gasteiger partial charge in [0, 0.05) is 38.3 Å². The molecule has 130 valence electrons. The Morgan fingerprint density at radius 3 is 2.62 bits per heavy atom. The number of likely N-dealkylation sites (tertiary alicyclic amines) is 1. The van der Waals surface area contributed by atoms with Crippen molar-refractivity contribution in [3.63, 3.8) is 0 Å². The monoisotopic (exact) mass is 329 g/mol. The summed E-state index contributed by atoms with van der Waals surface area (Å²) in [5.74, 6) is 0.238. The second-order valence-electron chi connectivity index (χ2n) is 7.50. The molecule has 0 aromatic heterocycles. The quantitative estimate of drug-likeness (QED) is 0.915. The molecule has 1 amide bonds. The summed E-state index contributed by atoms with van der Waals surface area (Å²) in [6.07, 6.45) is 3.00. The smallest absolute Gasteiger partial charge is 0.220 e. The summed E-state index contributed by atoms with van der Waals surface area (Å²) in [7, 11) is 0. The average Bonchev–Trinajstić information content (AvgIpc) is 2.99. The van der Waals surface area contributed by atoms with Gasteiger partial charge in [0.1, 0.15) is 0 Å². The standard InChI is InChI=1S/C19H27N3O2/c23-18-13-19(15-20-18)4-6-21(7-5-19)14-16-2-1-3-17(12-16)22-8-10-24-11-9-22/h1-3,12H,4-11,13-15H2,(H,20,23). The zero-order chi connectivity index (χ0) is 16.4. The Kier molecular flexibility index (Phi) is 4.46. The number of morpholine rings is 1. The molecule has 1 spiro atoms. The van der Waals surface area contributed by atoms with Gasteiger partial charge in [0.05, 0.1) is 13.2 Å². The summed E-state index contributed by atoms with van der Waals surface area (Å²) in [6, 6.07) is 8.94. The molecule has 0 radical (unpaired) electrons. The molecule has 0 aliphatic carbocycles. The molecule has 1 aromatic rings. The molecule has 3 aliphatic rings. The van der Waals surface area contributed by atoms with Gasteiger partial charge in [-0.3, -0.25) is 9.69 Å². The Morgan fingerprint density at radius 2 is 1.92 bits per heavy atom. The highest BCUT2D eigenvalue weighted by atomic mass is 16.5. The third kappa shape index (κ3) is 3.42. The van der Waals surface area contributed by atoms with E-state index < -0.39 is 0 Å². The zero-order valence-electron chi connectivity index (χ0n) is 14.3. The van der Waals surface area contributed by atoms with Gasteiger partial charge in [-0.1, -0.05) is 12.1 Å². The van der Waals surface area contributed by atoms with E-state index in [1.165, 1.54) is 11.3 Å². The molecular formula is C19H27N3O2. The van der Waals surface area contributed by atoms with Gasteiger partial charge in [-0.15, -0.1) is 0 Å². The minimum Gasteiger partial charge on any atom is -0.378 e. The highest BCUT2D eigenvalue weighted by Crippen LogP contribution is 2.37. The maximum absolute atomic E-state index is 11.5. The number of nitrogens with zero attached hydrogens (tertiary/aromatic N) is 2. The van der Waals surface area contributed by atoms with Crippen LogP contribution in [0.25, 0.3) is 0 Å². The first-order valence-corrected chi connectivity index (χ1v) is 9.13. The van der Waals surface area contributed by atoms with Crippen LogP contribution in [0, 0.1) is 5.41 Å². The van der Waals surface area contributed by atoms with Crippen LogP contribution in [0.5, 0.6) is 0 Å². The van der Waals surface area contributed by atoms with Crippen molar-refractivity contribution in [1.29, 1.82) is 0 Å². The molecule has 3 aliphatic heterocycles. The summed E-state index contributed by atoms with van der Waals surface area (Å²) in [5.41, 5.74) is 2.94. The fourth-order valence-electron chi connectivity index (χ4n) is 4.22. The molecule has 4 rings (SSSR count). The van der Waals surface area contributed by atoms with Gasteiger partial charge >= 0.3 is 0 Å². The van der Waals surface area contributed by atoms with Crippen LogP contribution in [-0.2, 0) is 16.1 Å². The summed E-state index contributed by atoms with van der Waals surface area (Å²) >= 11 is 0. The van der Waals surface area contributed by atoms with Crippen molar-refractivity contribution in [3.05, 3.63) is 29.8 Å². The lowest BCUT2D eigenvalue weighted by Crippen LogP contribution is -2.40. The molecule has 0 bridgehead atoms. The summed E-state index contributed by atoms with van der Waals surface area (Å²) in [6.45, 7) is 7.69. The lowest BCUT2D eigenvalue weighted by molar-refractivity contribution is -0.119. The van der Waals surface area contributed by atoms with Gasteiger partial charge < -0.3 is 15.0 Å². The van der Waals surface area contributed by atoms with E-state index in [9.17, 15) is 4.79 Å². The topological polar surface area (TPSA) is 44.8 Å². The van der Waals surface area contributed by atoms with Gasteiger partial charge in [-0.2, -0.15) is 0 Å². The predicted molar refractivity (Wildman–Crippen MR) is 94.0 cm³/mol. The van der Waals surface area contributed by atoms with Crippen LogP contribution in [0.4, 0.5) is 5.69 Å². The Balaban J connectivity index is 1.35. The molecule has 3 heterocycles. The van der Waals surface area contributed by atoms with E-state index in [1.54, 1.807) is 0 Å². The van der Waals surface area contributed by atoms with Gasteiger partial charge in [0.25, 0.3) is 0 Å². The van der Waals surface area contributed by atoms with Crippen LogP contribution in [0.15, 0.2) is 24.3 Å². The first kappa shape index (κ1) is 15.9. The maximum Gasteiger partial charge on any atom is 0.220 e. The van der Waals surface area contributed by atoms with Gasteiger partial charge in [-0.25, -0.2) is 0 Å². The molecule has 3 fully saturated rings. The Labute approximate surface area is 144 Å². The molecule has 0 saturated carbocycles.